The van der Waals surface area contributed by atoms with Gasteiger partial charge in [-0.15, -0.1) is 0 Å². The lowest BCUT2D eigenvalue weighted by Gasteiger charge is -2.47. The van der Waals surface area contributed by atoms with Crippen molar-refractivity contribution < 1.29 is 0 Å². The van der Waals surface area contributed by atoms with Gasteiger partial charge in [-0.25, -0.2) is 0 Å². The molecule has 0 nitrogen and oxygen atoms in total. The minimum atomic E-state index is 0.537. The first-order valence-corrected chi connectivity index (χ1v) is 8.62. The van der Waals surface area contributed by atoms with Crippen LogP contribution >= 0.6 is 0 Å². The van der Waals surface area contributed by atoms with Gasteiger partial charge in [0.25, 0.3) is 0 Å². The number of benzene rings is 1. The average molecular weight is 264 g/mol. The fraction of sp³-hybridized carbons (Fsp3) is 0.600. The zero-order valence-corrected chi connectivity index (χ0v) is 12.4. The number of fused-ring (bicyclic) bond motifs is 9. The molecule has 104 valence electrons. The molecule has 4 bridgehead atoms. The Morgan fingerprint density at radius 3 is 2.90 bits per heavy atom. The Bertz CT molecular complexity index is 583. The van der Waals surface area contributed by atoms with Gasteiger partial charge in [0.1, 0.15) is 0 Å². The minimum Gasteiger partial charge on any atom is -0.0848 e. The van der Waals surface area contributed by atoms with E-state index in [1.165, 1.54) is 32.1 Å². The molecule has 0 radical (unpaired) electrons. The molecule has 0 amide bonds. The number of rotatable bonds is 2. The molecule has 0 saturated heterocycles. The number of hydrogen-bond acceptors (Lipinski definition) is 0. The van der Waals surface area contributed by atoms with E-state index >= 15 is 0 Å². The standard InChI is InChI=1S/C20H24/c1-2-13-5-3-4-6-18(13)20-16-9-7-14(11-16)19(20)15-8-10-17(20)12-15/h3-7,9,14-17,19H,2,8,10-12H2,1H3. The average Bonchev–Trinajstić information content (AvgIpc) is 3.24. The Labute approximate surface area is 122 Å². The lowest BCUT2D eigenvalue weighted by molar-refractivity contribution is 0.152. The first-order chi connectivity index (χ1) is 9.85. The third-order valence-corrected chi connectivity index (χ3v) is 7.26. The molecule has 3 fully saturated rings. The van der Waals surface area contributed by atoms with Gasteiger partial charge in [0.05, 0.1) is 0 Å². The van der Waals surface area contributed by atoms with Crippen molar-refractivity contribution in [2.45, 2.75) is 44.4 Å². The fourth-order valence-corrected chi connectivity index (χ4v) is 6.89. The lowest BCUT2D eigenvalue weighted by atomic mass is 9.57. The van der Waals surface area contributed by atoms with Crippen molar-refractivity contribution in [1.29, 1.82) is 0 Å². The van der Waals surface area contributed by atoms with Crippen LogP contribution in [0, 0.1) is 29.6 Å². The summed E-state index contributed by atoms with van der Waals surface area (Å²) in [5, 5.41) is 0. The normalized spacial score (nSPS) is 47.1. The van der Waals surface area contributed by atoms with Crippen molar-refractivity contribution in [3.05, 3.63) is 47.5 Å². The first-order valence-electron chi connectivity index (χ1n) is 8.62. The van der Waals surface area contributed by atoms with Gasteiger partial charge in [0.2, 0.25) is 0 Å². The molecule has 0 aliphatic heterocycles. The predicted octanol–water partition coefficient (Wildman–Crippen LogP) is 4.74. The summed E-state index contributed by atoms with van der Waals surface area (Å²) >= 11 is 0. The van der Waals surface area contributed by atoms with E-state index in [0.29, 0.717) is 5.41 Å². The molecule has 4 aliphatic rings. The Kier molecular flexibility index (Phi) is 2.19. The molecule has 1 aromatic rings. The van der Waals surface area contributed by atoms with Crippen LogP contribution in [0.5, 0.6) is 0 Å². The molecule has 20 heavy (non-hydrogen) atoms. The molecule has 1 aromatic carbocycles. The molecule has 0 spiro atoms. The summed E-state index contributed by atoms with van der Waals surface area (Å²) in [6, 6.07) is 9.41. The SMILES string of the molecule is CCc1ccccc1C12C3C=CC(C3)C1C1CCC2C1. The van der Waals surface area contributed by atoms with Crippen molar-refractivity contribution in [2.75, 3.05) is 0 Å². The van der Waals surface area contributed by atoms with Crippen LogP contribution in [0.25, 0.3) is 0 Å². The molecular formula is C20H24. The maximum absolute atomic E-state index is 2.59. The number of hydrogen-bond donors (Lipinski definition) is 0. The summed E-state index contributed by atoms with van der Waals surface area (Å²) in [5.41, 5.74) is 3.91. The van der Waals surface area contributed by atoms with Crippen molar-refractivity contribution in [2.24, 2.45) is 29.6 Å². The highest BCUT2D eigenvalue weighted by atomic mass is 14.7. The van der Waals surface area contributed by atoms with Crippen LogP contribution in [0.2, 0.25) is 0 Å². The van der Waals surface area contributed by atoms with Gasteiger partial charge < -0.3 is 0 Å². The molecule has 6 atom stereocenters. The van der Waals surface area contributed by atoms with Crippen LogP contribution in [0.15, 0.2) is 36.4 Å². The molecule has 0 heterocycles. The van der Waals surface area contributed by atoms with Crippen LogP contribution in [-0.4, -0.2) is 0 Å². The summed E-state index contributed by atoms with van der Waals surface area (Å²) in [5.74, 6) is 4.74. The largest absolute Gasteiger partial charge is 0.0848 e. The molecule has 0 aromatic heterocycles. The van der Waals surface area contributed by atoms with E-state index in [1.54, 1.807) is 11.1 Å². The zero-order valence-electron chi connectivity index (χ0n) is 12.4. The topological polar surface area (TPSA) is 0 Å². The van der Waals surface area contributed by atoms with E-state index in [9.17, 15) is 0 Å². The van der Waals surface area contributed by atoms with Gasteiger partial charge in [-0.2, -0.15) is 0 Å². The highest BCUT2D eigenvalue weighted by Gasteiger charge is 2.68. The predicted molar refractivity (Wildman–Crippen MR) is 82.6 cm³/mol. The quantitative estimate of drug-likeness (QED) is 0.534. The van der Waals surface area contributed by atoms with Gasteiger partial charge in [-0.3, -0.25) is 0 Å². The van der Waals surface area contributed by atoms with Crippen LogP contribution in [-0.2, 0) is 11.8 Å². The Morgan fingerprint density at radius 1 is 1.10 bits per heavy atom. The van der Waals surface area contributed by atoms with E-state index < -0.39 is 0 Å². The number of allylic oxidation sites excluding steroid dienone is 2. The zero-order chi connectivity index (χ0) is 13.3. The van der Waals surface area contributed by atoms with Gasteiger partial charge in [0.15, 0.2) is 0 Å². The third-order valence-electron chi connectivity index (χ3n) is 7.26. The maximum Gasteiger partial charge on any atom is 0.00834 e. The van der Waals surface area contributed by atoms with Crippen LogP contribution in [0.4, 0.5) is 0 Å². The van der Waals surface area contributed by atoms with Crippen molar-refractivity contribution >= 4 is 0 Å². The second-order valence-corrected chi connectivity index (χ2v) is 7.63. The molecule has 0 heteroatoms. The van der Waals surface area contributed by atoms with Crippen molar-refractivity contribution in [1.82, 2.24) is 0 Å². The van der Waals surface area contributed by atoms with Gasteiger partial charge >= 0.3 is 0 Å². The van der Waals surface area contributed by atoms with Crippen LogP contribution in [0.1, 0.15) is 43.7 Å². The molecule has 3 saturated carbocycles. The van der Waals surface area contributed by atoms with E-state index in [4.69, 9.17) is 0 Å². The number of aryl methyl sites for hydroxylation is 1. The van der Waals surface area contributed by atoms with E-state index in [2.05, 4.69) is 43.3 Å². The highest BCUT2D eigenvalue weighted by Crippen LogP contribution is 2.73. The molecule has 6 unspecified atom stereocenters. The highest BCUT2D eigenvalue weighted by molar-refractivity contribution is 5.45. The lowest BCUT2D eigenvalue weighted by Crippen LogP contribution is -2.44. The fourth-order valence-electron chi connectivity index (χ4n) is 6.89. The molecule has 0 N–H and O–H groups in total. The first kappa shape index (κ1) is 11.6. The summed E-state index contributed by atoms with van der Waals surface area (Å²) in [4.78, 5) is 0. The minimum absolute atomic E-state index is 0.537. The van der Waals surface area contributed by atoms with Gasteiger partial charge in [-0.1, -0.05) is 43.3 Å². The Hall–Kier alpha value is -1.04. The van der Waals surface area contributed by atoms with Gasteiger partial charge in [-0.05, 0) is 72.8 Å². The van der Waals surface area contributed by atoms with E-state index in [1.807, 2.05) is 0 Å². The second-order valence-electron chi connectivity index (χ2n) is 7.63. The molecule has 4 aliphatic carbocycles. The Balaban J connectivity index is 1.76. The van der Waals surface area contributed by atoms with E-state index in [0.717, 1.165) is 29.6 Å². The van der Waals surface area contributed by atoms with Crippen molar-refractivity contribution in [3.63, 3.8) is 0 Å². The van der Waals surface area contributed by atoms with E-state index in [-0.39, 0.29) is 0 Å². The van der Waals surface area contributed by atoms with Gasteiger partial charge in [0, 0.05) is 5.41 Å². The summed E-state index contributed by atoms with van der Waals surface area (Å²) in [7, 11) is 0. The van der Waals surface area contributed by atoms with Crippen molar-refractivity contribution in [3.8, 4) is 0 Å². The van der Waals surface area contributed by atoms with Crippen LogP contribution in [0.3, 0.4) is 0 Å². The maximum atomic E-state index is 2.59. The van der Waals surface area contributed by atoms with Crippen LogP contribution < -0.4 is 0 Å². The summed E-state index contributed by atoms with van der Waals surface area (Å²) < 4.78 is 0. The monoisotopic (exact) mass is 264 g/mol. The third kappa shape index (κ3) is 1.13. The summed E-state index contributed by atoms with van der Waals surface area (Å²) in [6.07, 6.45) is 12.4. The molecular weight excluding hydrogens is 240 g/mol. The second kappa shape index (κ2) is 3.78. The smallest absolute Gasteiger partial charge is 0.00834 e. The molecule has 5 rings (SSSR count). The Morgan fingerprint density at radius 2 is 2.00 bits per heavy atom. The summed E-state index contributed by atoms with van der Waals surface area (Å²) in [6.45, 7) is 2.33.